The van der Waals surface area contributed by atoms with Crippen LogP contribution in [0.2, 0.25) is 0 Å². The number of aryl methyl sites for hydroxylation is 3. The van der Waals surface area contributed by atoms with Gasteiger partial charge in [-0.25, -0.2) is 0 Å². The fraction of sp³-hybridized carbons (Fsp3) is 0.250. The van der Waals surface area contributed by atoms with Gasteiger partial charge in [0.1, 0.15) is 23.0 Å². The van der Waals surface area contributed by atoms with Gasteiger partial charge in [0.05, 0.1) is 0 Å². The molecule has 2 aromatic carbocycles. The first-order valence-electron chi connectivity index (χ1n) is 6.20. The molecule has 0 aliphatic rings. The molecule has 0 atom stereocenters. The lowest BCUT2D eigenvalue weighted by Crippen LogP contribution is -1.78. The molecule has 4 N–H and O–H groups in total. The van der Waals surface area contributed by atoms with E-state index in [4.69, 9.17) is 20.4 Å². The Morgan fingerprint density at radius 2 is 0.950 bits per heavy atom. The van der Waals surface area contributed by atoms with Gasteiger partial charge in [-0.1, -0.05) is 0 Å². The van der Waals surface area contributed by atoms with Crippen LogP contribution >= 0.6 is 0 Å². The maximum Gasteiger partial charge on any atom is 0.122 e. The molecule has 2 aromatic rings. The first-order chi connectivity index (χ1) is 9.22. The fourth-order valence-corrected chi connectivity index (χ4v) is 1.65. The number of hydrogen-bond donors (Lipinski definition) is 4. The van der Waals surface area contributed by atoms with Crippen molar-refractivity contribution in [1.82, 2.24) is 0 Å². The van der Waals surface area contributed by atoms with Crippen molar-refractivity contribution >= 4 is 0 Å². The Balaban J connectivity index is 0.000000200. The van der Waals surface area contributed by atoms with Crippen LogP contribution in [0.25, 0.3) is 0 Å². The van der Waals surface area contributed by atoms with Gasteiger partial charge in [-0.05, 0) is 62.6 Å². The topological polar surface area (TPSA) is 80.9 Å². The van der Waals surface area contributed by atoms with Crippen LogP contribution in [0.5, 0.6) is 23.0 Å². The minimum Gasteiger partial charge on any atom is -0.508 e. The van der Waals surface area contributed by atoms with Gasteiger partial charge in [-0.15, -0.1) is 0 Å². The Morgan fingerprint density at radius 3 is 1.30 bits per heavy atom. The first kappa shape index (κ1) is 15.7. The molecule has 0 saturated heterocycles. The summed E-state index contributed by atoms with van der Waals surface area (Å²) in [6.07, 6.45) is 0. The van der Waals surface area contributed by atoms with Crippen molar-refractivity contribution < 1.29 is 20.4 Å². The molecular weight excluding hydrogens is 256 g/mol. The van der Waals surface area contributed by atoms with Gasteiger partial charge < -0.3 is 20.4 Å². The number of hydrogen-bond acceptors (Lipinski definition) is 4. The molecule has 4 heteroatoms. The summed E-state index contributed by atoms with van der Waals surface area (Å²) in [5, 5.41) is 36.4. The predicted molar refractivity (Wildman–Crippen MR) is 78.5 cm³/mol. The lowest BCUT2D eigenvalue weighted by Gasteiger charge is -2.01. The van der Waals surface area contributed by atoms with E-state index in [1.165, 1.54) is 6.07 Å². The molecule has 0 aromatic heterocycles. The Labute approximate surface area is 118 Å². The summed E-state index contributed by atoms with van der Waals surface area (Å²) in [4.78, 5) is 0. The van der Waals surface area contributed by atoms with Gasteiger partial charge in [0.25, 0.3) is 0 Å². The van der Waals surface area contributed by atoms with Gasteiger partial charge in [-0.2, -0.15) is 0 Å². The van der Waals surface area contributed by atoms with Crippen molar-refractivity contribution in [2.75, 3.05) is 0 Å². The van der Waals surface area contributed by atoms with Crippen LogP contribution in [0.3, 0.4) is 0 Å². The Morgan fingerprint density at radius 1 is 0.550 bits per heavy atom. The molecule has 0 spiro atoms. The molecular formula is C16H20O4. The van der Waals surface area contributed by atoms with Crippen molar-refractivity contribution in [3.63, 3.8) is 0 Å². The van der Waals surface area contributed by atoms with E-state index >= 15 is 0 Å². The van der Waals surface area contributed by atoms with E-state index in [9.17, 15) is 0 Å². The van der Waals surface area contributed by atoms with Gasteiger partial charge in [0, 0.05) is 11.6 Å². The van der Waals surface area contributed by atoms with E-state index in [1.807, 2.05) is 6.92 Å². The molecule has 0 amide bonds. The monoisotopic (exact) mass is 276 g/mol. The van der Waals surface area contributed by atoms with E-state index in [1.54, 1.807) is 39.0 Å². The standard InChI is InChI=1S/2C8H10O2/c1-5-3-6(2)8(10)4-7(5)9;1-5-3-7(9)6(2)8(10)4-5/h2*3-4,9-10H,1-2H3. The van der Waals surface area contributed by atoms with Crippen LogP contribution in [-0.4, -0.2) is 20.4 Å². The predicted octanol–water partition coefficient (Wildman–Crippen LogP) is 3.43. The Hall–Kier alpha value is -2.36. The van der Waals surface area contributed by atoms with Crippen LogP contribution in [-0.2, 0) is 0 Å². The highest BCUT2D eigenvalue weighted by Gasteiger charge is 2.01. The van der Waals surface area contributed by atoms with E-state index in [2.05, 4.69) is 0 Å². The number of aromatic hydroxyl groups is 4. The minimum absolute atomic E-state index is 0.142. The van der Waals surface area contributed by atoms with Crippen molar-refractivity contribution in [2.24, 2.45) is 0 Å². The van der Waals surface area contributed by atoms with E-state index in [-0.39, 0.29) is 23.0 Å². The lowest BCUT2D eigenvalue weighted by molar-refractivity contribution is 0.442. The molecule has 4 nitrogen and oxygen atoms in total. The average Bonchev–Trinajstić information content (AvgIpc) is 2.34. The fourth-order valence-electron chi connectivity index (χ4n) is 1.65. The van der Waals surface area contributed by atoms with E-state index < -0.39 is 0 Å². The molecule has 0 radical (unpaired) electrons. The van der Waals surface area contributed by atoms with Gasteiger partial charge in [-0.3, -0.25) is 0 Å². The summed E-state index contributed by atoms with van der Waals surface area (Å²) in [5.41, 5.74) is 2.97. The second kappa shape index (κ2) is 6.19. The second-order valence-corrected chi connectivity index (χ2v) is 4.85. The molecule has 0 heterocycles. The Kier molecular flexibility index (Phi) is 4.86. The smallest absolute Gasteiger partial charge is 0.122 e. The van der Waals surface area contributed by atoms with Gasteiger partial charge in [0.15, 0.2) is 0 Å². The zero-order valence-corrected chi connectivity index (χ0v) is 12.1. The summed E-state index contributed by atoms with van der Waals surface area (Å²) >= 11 is 0. The Bertz CT molecular complexity index is 545. The van der Waals surface area contributed by atoms with Crippen molar-refractivity contribution in [3.05, 3.63) is 46.5 Å². The van der Waals surface area contributed by atoms with Gasteiger partial charge >= 0.3 is 0 Å². The first-order valence-corrected chi connectivity index (χ1v) is 6.20. The molecule has 0 bridgehead atoms. The highest BCUT2D eigenvalue weighted by Crippen LogP contribution is 2.27. The van der Waals surface area contributed by atoms with Crippen molar-refractivity contribution in [2.45, 2.75) is 27.7 Å². The molecule has 0 unspecified atom stereocenters. The minimum atomic E-state index is 0.142. The third-order valence-corrected chi connectivity index (χ3v) is 3.01. The quantitative estimate of drug-likeness (QED) is 0.594. The molecule has 0 aliphatic carbocycles. The molecule has 2 rings (SSSR count). The molecule has 20 heavy (non-hydrogen) atoms. The van der Waals surface area contributed by atoms with Crippen molar-refractivity contribution in [3.8, 4) is 23.0 Å². The highest BCUT2D eigenvalue weighted by molar-refractivity contribution is 5.45. The lowest BCUT2D eigenvalue weighted by atomic mass is 10.1. The van der Waals surface area contributed by atoms with Crippen LogP contribution in [0.15, 0.2) is 24.3 Å². The number of phenols is 4. The van der Waals surface area contributed by atoms with Crippen LogP contribution in [0.4, 0.5) is 0 Å². The maximum atomic E-state index is 9.12. The number of phenolic OH excluding ortho intramolecular Hbond substituents is 4. The largest absolute Gasteiger partial charge is 0.508 e. The summed E-state index contributed by atoms with van der Waals surface area (Å²) in [7, 11) is 0. The average molecular weight is 276 g/mol. The van der Waals surface area contributed by atoms with Gasteiger partial charge in [0.2, 0.25) is 0 Å². The summed E-state index contributed by atoms with van der Waals surface area (Å²) < 4.78 is 0. The maximum absolute atomic E-state index is 9.12. The molecule has 0 fully saturated rings. The normalized spacial score (nSPS) is 9.80. The zero-order chi connectivity index (χ0) is 15.4. The molecule has 0 aliphatic heterocycles. The molecule has 0 saturated carbocycles. The molecule has 108 valence electrons. The van der Waals surface area contributed by atoms with Crippen LogP contribution < -0.4 is 0 Å². The van der Waals surface area contributed by atoms with E-state index in [0.29, 0.717) is 5.56 Å². The SMILES string of the molecule is Cc1cc(C)c(O)cc1O.Cc1cc(O)c(C)c(O)c1. The van der Waals surface area contributed by atoms with E-state index in [0.717, 1.165) is 16.7 Å². The van der Waals surface area contributed by atoms with Crippen LogP contribution in [0, 0.1) is 27.7 Å². The van der Waals surface area contributed by atoms with Crippen molar-refractivity contribution in [1.29, 1.82) is 0 Å². The highest BCUT2D eigenvalue weighted by atomic mass is 16.3. The second-order valence-electron chi connectivity index (χ2n) is 4.85. The van der Waals surface area contributed by atoms with Crippen LogP contribution in [0.1, 0.15) is 22.3 Å². The third-order valence-electron chi connectivity index (χ3n) is 3.01. The summed E-state index contributed by atoms with van der Waals surface area (Å²) in [6, 6.07) is 6.33. The number of benzene rings is 2. The summed E-state index contributed by atoms with van der Waals surface area (Å²) in [5.74, 6) is 0.584. The third kappa shape index (κ3) is 3.82. The zero-order valence-electron chi connectivity index (χ0n) is 12.1. The number of rotatable bonds is 0. The summed E-state index contributed by atoms with van der Waals surface area (Å²) in [6.45, 7) is 7.08.